The summed E-state index contributed by atoms with van der Waals surface area (Å²) in [4.78, 5) is 14.2. The largest absolute Gasteiger partial charge is 0.490 e. The monoisotopic (exact) mass is 265 g/mol. The van der Waals surface area contributed by atoms with E-state index in [4.69, 9.17) is 21.1 Å². The number of esters is 1. The van der Waals surface area contributed by atoms with Crippen molar-refractivity contribution in [2.24, 2.45) is 0 Å². The Morgan fingerprint density at radius 2 is 2.00 bits per heavy atom. The Bertz CT molecular complexity index is 510. The summed E-state index contributed by atoms with van der Waals surface area (Å²) in [5, 5.41) is 0.475. The van der Waals surface area contributed by atoms with E-state index >= 15 is 0 Å². The lowest BCUT2D eigenvalue weighted by Crippen LogP contribution is -2.12. The minimum Gasteiger partial charge on any atom is -0.490 e. The third-order valence-electron chi connectivity index (χ3n) is 2.20. The first-order chi connectivity index (χ1) is 8.75. The van der Waals surface area contributed by atoms with Gasteiger partial charge < -0.3 is 14.5 Å². The Morgan fingerprint density at radius 3 is 2.67 bits per heavy atom. The molecule has 0 radical (unpaired) electrons. The summed E-state index contributed by atoms with van der Waals surface area (Å²) in [6.45, 7) is 0.495. The number of para-hydroxylation sites is 1. The van der Waals surface area contributed by atoms with E-state index < -0.39 is 5.97 Å². The molecule has 2 aromatic rings. The molecule has 0 aliphatic carbocycles. The number of halogens is 1. The number of hydrogen-bond donors (Lipinski definition) is 1. The number of benzene rings is 1. The summed E-state index contributed by atoms with van der Waals surface area (Å²) in [7, 11) is 0. The molecule has 1 heterocycles. The van der Waals surface area contributed by atoms with Crippen molar-refractivity contribution in [1.29, 1.82) is 0 Å². The normalized spacial score (nSPS) is 10.1. The first-order valence-corrected chi connectivity index (χ1v) is 5.82. The molecular formula is C13H12ClNO3. The first-order valence-electron chi connectivity index (χ1n) is 5.44. The molecule has 5 heteroatoms. The fraction of sp³-hybridized carbons (Fsp3) is 0.154. The molecule has 2 rings (SSSR count). The van der Waals surface area contributed by atoms with Gasteiger partial charge in [-0.2, -0.15) is 0 Å². The Morgan fingerprint density at radius 1 is 1.22 bits per heavy atom. The average molecular weight is 266 g/mol. The van der Waals surface area contributed by atoms with Crippen molar-refractivity contribution >= 4 is 17.6 Å². The van der Waals surface area contributed by atoms with Gasteiger partial charge in [-0.15, -0.1) is 0 Å². The number of rotatable bonds is 5. The number of hydrogen-bond acceptors (Lipinski definition) is 3. The zero-order valence-corrected chi connectivity index (χ0v) is 10.3. The third kappa shape index (κ3) is 3.53. The number of H-pyrrole nitrogens is 1. The van der Waals surface area contributed by atoms with Gasteiger partial charge in [0, 0.05) is 6.20 Å². The zero-order chi connectivity index (χ0) is 12.8. The maximum Gasteiger partial charge on any atom is 0.354 e. The SMILES string of the molecule is O=C(OCCOc1ccccc1)c1cc(Cl)c[nH]1. The molecule has 0 bridgehead atoms. The van der Waals surface area contributed by atoms with Gasteiger partial charge in [-0.25, -0.2) is 4.79 Å². The summed E-state index contributed by atoms with van der Waals surface area (Å²) in [6, 6.07) is 10.9. The van der Waals surface area contributed by atoms with Crippen molar-refractivity contribution in [2.45, 2.75) is 0 Å². The van der Waals surface area contributed by atoms with Crippen molar-refractivity contribution in [3.05, 3.63) is 53.3 Å². The highest BCUT2D eigenvalue weighted by Crippen LogP contribution is 2.10. The van der Waals surface area contributed by atoms with Crippen molar-refractivity contribution in [3.63, 3.8) is 0 Å². The molecular weight excluding hydrogens is 254 g/mol. The quantitative estimate of drug-likeness (QED) is 0.668. The Balaban J connectivity index is 1.71. The van der Waals surface area contributed by atoms with Crippen LogP contribution < -0.4 is 4.74 Å². The number of aromatic amines is 1. The molecule has 0 aliphatic heterocycles. The number of aromatic nitrogens is 1. The molecule has 1 aromatic carbocycles. The van der Waals surface area contributed by atoms with Crippen molar-refractivity contribution < 1.29 is 14.3 Å². The van der Waals surface area contributed by atoms with Gasteiger partial charge in [0.2, 0.25) is 0 Å². The van der Waals surface area contributed by atoms with Gasteiger partial charge in [0.05, 0.1) is 5.02 Å². The summed E-state index contributed by atoms with van der Waals surface area (Å²) in [5.74, 6) is 0.301. The lowest BCUT2D eigenvalue weighted by atomic mass is 10.3. The molecule has 0 fully saturated rings. The van der Waals surface area contributed by atoms with Gasteiger partial charge in [-0.1, -0.05) is 29.8 Å². The van der Waals surface area contributed by atoms with Gasteiger partial charge in [0.25, 0.3) is 0 Å². The summed E-state index contributed by atoms with van der Waals surface area (Å²) >= 11 is 5.68. The van der Waals surface area contributed by atoms with Gasteiger partial charge >= 0.3 is 5.97 Å². The first kappa shape index (κ1) is 12.5. The van der Waals surface area contributed by atoms with Crippen molar-refractivity contribution in [3.8, 4) is 5.75 Å². The van der Waals surface area contributed by atoms with Crippen LogP contribution in [0.15, 0.2) is 42.6 Å². The Labute approximate surface area is 109 Å². The van der Waals surface area contributed by atoms with E-state index in [1.54, 1.807) is 0 Å². The molecule has 0 aliphatic rings. The average Bonchev–Trinajstić information content (AvgIpc) is 2.82. The van der Waals surface area contributed by atoms with Crippen LogP contribution in [-0.4, -0.2) is 24.2 Å². The minimum absolute atomic E-state index is 0.185. The van der Waals surface area contributed by atoms with Gasteiger partial charge in [0.1, 0.15) is 24.7 Å². The minimum atomic E-state index is -0.446. The molecule has 0 atom stereocenters. The van der Waals surface area contributed by atoms with E-state index in [1.807, 2.05) is 30.3 Å². The lowest BCUT2D eigenvalue weighted by molar-refractivity contribution is 0.0444. The second-order valence-electron chi connectivity index (χ2n) is 3.53. The standard InChI is InChI=1S/C13H12ClNO3/c14-10-8-12(15-9-10)13(16)18-7-6-17-11-4-2-1-3-5-11/h1-5,8-9,15H,6-7H2. The molecule has 0 amide bonds. The number of ether oxygens (including phenoxy) is 2. The molecule has 1 N–H and O–H groups in total. The van der Waals surface area contributed by atoms with Crippen molar-refractivity contribution in [2.75, 3.05) is 13.2 Å². The number of carbonyl (C=O) groups excluding carboxylic acids is 1. The molecule has 0 unspecified atom stereocenters. The molecule has 1 aromatic heterocycles. The maximum atomic E-state index is 11.5. The second-order valence-corrected chi connectivity index (χ2v) is 3.97. The van der Waals surface area contributed by atoms with E-state index in [0.717, 1.165) is 5.75 Å². The van der Waals surface area contributed by atoms with Crippen LogP contribution >= 0.6 is 11.6 Å². The van der Waals surface area contributed by atoms with Crippen LogP contribution in [0.4, 0.5) is 0 Å². The maximum absolute atomic E-state index is 11.5. The fourth-order valence-corrected chi connectivity index (χ4v) is 1.54. The van der Waals surface area contributed by atoms with Gasteiger partial charge in [-0.05, 0) is 18.2 Å². The van der Waals surface area contributed by atoms with E-state index in [9.17, 15) is 4.79 Å². The van der Waals surface area contributed by atoms with Crippen LogP contribution in [-0.2, 0) is 4.74 Å². The zero-order valence-electron chi connectivity index (χ0n) is 9.56. The highest BCUT2D eigenvalue weighted by Gasteiger charge is 2.08. The predicted octanol–water partition coefficient (Wildman–Crippen LogP) is 2.90. The molecule has 0 saturated carbocycles. The highest BCUT2D eigenvalue weighted by atomic mass is 35.5. The van der Waals surface area contributed by atoms with E-state index in [1.165, 1.54) is 12.3 Å². The van der Waals surface area contributed by atoms with Crippen LogP contribution in [0.3, 0.4) is 0 Å². The summed E-state index contributed by atoms with van der Waals surface area (Å²) < 4.78 is 10.4. The topological polar surface area (TPSA) is 51.3 Å². The van der Waals surface area contributed by atoms with Crippen LogP contribution in [0.2, 0.25) is 5.02 Å². The number of nitrogens with one attached hydrogen (secondary N) is 1. The smallest absolute Gasteiger partial charge is 0.354 e. The predicted molar refractivity (Wildman–Crippen MR) is 68.0 cm³/mol. The van der Waals surface area contributed by atoms with Gasteiger partial charge in [-0.3, -0.25) is 0 Å². The molecule has 94 valence electrons. The Kier molecular flexibility index (Phi) is 4.25. The van der Waals surface area contributed by atoms with Crippen LogP contribution in [0, 0.1) is 0 Å². The molecule has 0 spiro atoms. The van der Waals surface area contributed by atoms with Crippen LogP contribution in [0.5, 0.6) is 5.75 Å². The van der Waals surface area contributed by atoms with Crippen LogP contribution in [0.1, 0.15) is 10.5 Å². The fourth-order valence-electron chi connectivity index (χ4n) is 1.37. The third-order valence-corrected chi connectivity index (χ3v) is 2.41. The lowest BCUT2D eigenvalue weighted by Gasteiger charge is -2.06. The second kappa shape index (κ2) is 6.12. The summed E-state index contributed by atoms with van der Waals surface area (Å²) in [5.41, 5.74) is 0.333. The highest BCUT2D eigenvalue weighted by molar-refractivity contribution is 6.30. The van der Waals surface area contributed by atoms with E-state index in [-0.39, 0.29) is 6.61 Å². The van der Waals surface area contributed by atoms with E-state index in [2.05, 4.69) is 4.98 Å². The molecule has 0 saturated heterocycles. The summed E-state index contributed by atoms with van der Waals surface area (Å²) in [6.07, 6.45) is 1.53. The van der Waals surface area contributed by atoms with E-state index in [0.29, 0.717) is 17.3 Å². The molecule has 18 heavy (non-hydrogen) atoms. The van der Waals surface area contributed by atoms with Crippen molar-refractivity contribution in [1.82, 2.24) is 4.98 Å². The van der Waals surface area contributed by atoms with Crippen LogP contribution in [0.25, 0.3) is 0 Å². The van der Waals surface area contributed by atoms with Gasteiger partial charge in [0.15, 0.2) is 0 Å². The molecule has 4 nitrogen and oxygen atoms in total. The number of carbonyl (C=O) groups is 1. The Hall–Kier alpha value is -1.94.